The van der Waals surface area contributed by atoms with Crippen molar-refractivity contribution >= 4 is 44.3 Å². The van der Waals surface area contributed by atoms with Crippen LogP contribution < -0.4 is 21.3 Å². The van der Waals surface area contributed by atoms with E-state index in [0.717, 1.165) is 30.2 Å². The number of hydrogen-bond donors (Lipinski definition) is 4. The highest BCUT2D eigenvalue weighted by Gasteiger charge is 2.16. The molecule has 1 atom stereocenters. The van der Waals surface area contributed by atoms with Gasteiger partial charge in [0.2, 0.25) is 32.9 Å². The summed E-state index contributed by atoms with van der Waals surface area (Å²) < 4.78 is 0. The van der Waals surface area contributed by atoms with E-state index in [0.29, 0.717) is 33.2 Å². The summed E-state index contributed by atoms with van der Waals surface area (Å²) in [5.74, 6) is 2.07. The average Bonchev–Trinajstić information content (AvgIpc) is 2.72. The van der Waals surface area contributed by atoms with E-state index in [4.69, 9.17) is 0 Å². The molecule has 0 heterocycles. The Morgan fingerprint density at radius 3 is 2.42 bits per heavy atom. The Kier molecular flexibility index (Phi) is 13.0. The van der Waals surface area contributed by atoms with Crippen LogP contribution >= 0.6 is 0 Å². The molecule has 8 heteroatoms. The van der Waals surface area contributed by atoms with Crippen molar-refractivity contribution in [2.45, 2.75) is 70.0 Å². The molecule has 1 aromatic carbocycles. The Hall–Kier alpha value is -2.04. The molecule has 1 aromatic rings. The fraction of sp³-hybridized carbons (Fsp3) is 0.609. The molecule has 0 fully saturated rings. The minimum absolute atomic E-state index is 0.125. The van der Waals surface area contributed by atoms with Crippen molar-refractivity contribution in [1.29, 1.82) is 0 Å². The van der Waals surface area contributed by atoms with Crippen molar-refractivity contribution in [3.8, 4) is 0 Å². The second kappa shape index (κ2) is 14.9. The molecule has 0 spiro atoms. The first-order chi connectivity index (χ1) is 14.8. The lowest BCUT2D eigenvalue weighted by atomic mass is 10.0. The van der Waals surface area contributed by atoms with Crippen molar-refractivity contribution in [3.05, 3.63) is 23.8 Å². The number of rotatable bonds is 14. The van der Waals surface area contributed by atoms with Gasteiger partial charge >= 0.3 is 0 Å². The van der Waals surface area contributed by atoms with Crippen molar-refractivity contribution in [3.63, 3.8) is 0 Å². The number of hydrogen-bond acceptors (Lipinski definition) is 4. The SMILES string of the molecule is CNc1cc(NC(=O)C(C)NC(=O)CNC(=O)CCCCCC(C)C)ccc1[CH2][Al][CH3]. The first-order valence-corrected chi connectivity index (χ1v) is 13.2. The highest BCUT2D eigenvalue weighted by Crippen LogP contribution is 2.21. The van der Waals surface area contributed by atoms with Gasteiger partial charge in [-0.2, -0.15) is 0 Å². The summed E-state index contributed by atoms with van der Waals surface area (Å²) in [7, 11) is 1.86. The third kappa shape index (κ3) is 11.2. The molecule has 1 unspecified atom stereocenters. The van der Waals surface area contributed by atoms with Gasteiger partial charge in [-0.3, -0.25) is 14.4 Å². The van der Waals surface area contributed by atoms with Gasteiger partial charge in [-0.1, -0.05) is 44.5 Å². The lowest BCUT2D eigenvalue weighted by Crippen LogP contribution is -2.45. The quantitative estimate of drug-likeness (QED) is 0.261. The van der Waals surface area contributed by atoms with Crippen molar-refractivity contribution < 1.29 is 14.4 Å². The van der Waals surface area contributed by atoms with Gasteiger partial charge in [0.1, 0.15) is 6.04 Å². The molecule has 1 rings (SSSR count). The summed E-state index contributed by atoms with van der Waals surface area (Å²) in [4.78, 5) is 36.4. The Bertz CT molecular complexity index is 725. The van der Waals surface area contributed by atoms with Gasteiger partial charge in [-0.05, 0) is 37.0 Å². The summed E-state index contributed by atoms with van der Waals surface area (Å²) in [6.45, 7) is 5.88. The maximum Gasteiger partial charge on any atom is 0.246 e. The summed E-state index contributed by atoms with van der Waals surface area (Å²) in [6, 6.07) is 5.08. The molecular weight excluding hydrogens is 407 g/mol. The van der Waals surface area contributed by atoms with Crippen molar-refractivity contribution in [2.75, 3.05) is 24.2 Å². The van der Waals surface area contributed by atoms with Gasteiger partial charge in [0.05, 0.1) is 6.54 Å². The Labute approximate surface area is 193 Å². The van der Waals surface area contributed by atoms with Crippen LogP contribution in [0.1, 0.15) is 58.4 Å². The van der Waals surface area contributed by atoms with E-state index < -0.39 is 6.04 Å². The maximum absolute atomic E-state index is 12.4. The lowest BCUT2D eigenvalue weighted by molar-refractivity contribution is -0.128. The summed E-state index contributed by atoms with van der Waals surface area (Å²) in [5.41, 5.74) is 2.90. The summed E-state index contributed by atoms with van der Waals surface area (Å²) in [6.07, 6.45) is 4.56. The molecule has 0 bridgehead atoms. The van der Waals surface area contributed by atoms with E-state index in [1.54, 1.807) is 6.92 Å². The highest BCUT2D eigenvalue weighted by molar-refractivity contribution is 6.33. The van der Waals surface area contributed by atoms with E-state index in [9.17, 15) is 14.4 Å². The van der Waals surface area contributed by atoms with Gasteiger partial charge < -0.3 is 21.3 Å². The summed E-state index contributed by atoms with van der Waals surface area (Å²) in [5, 5.41) is 12.3. The standard InChI is InChI=1S/C22H35N4O3.CH3.Al/c1-15(2)9-7-6-8-10-20(27)24-14-21(28)25-17(4)22(29)26-18-12-11-16(3)19(13-18)23-5;;/h11-13,15,17,23H,3,6-10,14H2,1-2,4-5H3,(H,24,27)(H,25,28)(H,26,29);1H3;. The number of benzene rings is 1. The van der Waals surface area contributed by atoms with Gasteiger partial charge in [-0.15, -0.1) is 5.79 Å². The van der Waals surface area contributed by atoms with Gasteiger partial charge in [0.15, 0.2) is 0 Å². The van der Waals surface area contributed by atoms with E-state index in [2.05, 4.69) is 40.9 Å². The molecule has 0 aliphatic heterocycles. The maximum atomic E-state index is 12.4. The minimum atomic E-state index is -0.710. The number of amides is 3. The van der Waals surface area contributed by atoms with Crippen LogP contribution in [0.2, 0.25) is 5.79 Å². The topological polar surface area (TPSA) is 99.3 Å². The fourth-order valence-corrected chi connectivity index (χ4v) is 3.97. The van der Waals surface area contributed by atoms with Gasteiger partial charge in [0.25, 0.3) is 0 Å². The zero-order chi connectivity index (χ0) is 23.2. The van der Waals surface area contributed by atoms with Crippen LogP contribution in [0.3, 0.4) is 0 Å². The van der Waals surface area contributed by atoms with E-state index in [1.807, 2.05) is 25.2 Å². The monoisotopic (exact) mass is 445 g/mol. The summed E-state index contributed by atoms with van der Waals surface area (Å²) >= 11 is 0.355. The molecule has 7 nitrogen and oxygen atoms in total. The predicted octanol–water partition coefficient (Wildman–Crippen LogP) is 3.15. The average molecular weight is 446 g/mol. The van der Waals surface area contributed by atoms with Crippen LogP contribution in [-0.2, 0) is 19.7 Å². The first kappa shape index (κ1) is 27.0. The van der Waals surface area contributed by atoms with Crippen LogP contribution in [0.4, 0.5) is 11.4 Å². The Morgan fingerprint density at radius 2 is 1.77 bits per heavy atom. The molecule has 0 aliphatic carbocycles. The fourth-order valence-electron chi connectivity index (χ4n) is 3.18. The zero-order valence-corrected chi connectivity index (χ0v) is 20.8. The second-order valence-corrected chi connectivity index (χ2v) is 9.51. The molecule has 3 amide bonds. The predicted molar refractivity (Wildman–Crippen MR) is 128 cm³/mol. The molecular formula is C23H38AlN4O3. The molecule has 31 heavy (non-hydrogen) atoms. The number of carbonyl (C=O) groups is 3. The van der Waals surface area contributed by atoms with Gasteiger partial charge in [0, 0.05) is 24.8 Å². The molecule has 0 saturated carbocycles. The van der Waals surface area contributed by atoms with E-state index >= 15 is 0 Å². The third-order valence-corrected chi connectivity index (χ3v) is 5.82. The first-order valence-electron chi connectivity index (χ1n) is 11.2. The molecule has 0 aliphatic rings. The number of anilines is 2. The zero-order valence-electron chi connectivity index (χ0n) is 19.6. The number of unbranched alkanes of at least 4 members (excludes halogenated alkanes) is 2. The normalized spacial score (nSPS) is 11.5. The number of nitrogens with one attached hydrogen (secondary N) is 4. The molecule has 1 radical (unpaired) electrons. The van der Waals surface area contributed by atoms with Crippen LogP contribution in [-0.4, -0.2) is 52.6 Å². The van der Waals surface area contributed by atoms with Crippen molar-refractivity contribution in [2.24, 2.45) is 5.92 Å². The molecule has 0 aromatic heterocycles. The molecule has 171 valence electrons. The van der Waals surface area contributed by atoms with Crippen LogP contribution in [0, 0.1) is 5.92 Å². The third-order valence-electron chi connectivity index (χ3n) is 4.97. The van der Waals surface area contributed by atoms with Crippen molar-refractivity contribution in [1.82, 2.24) is 10.6 Å². The lowest BCUT2D eigenvalue weighted by Gasteiger charge is -2.16. The van der Waals surface area contributed by atoms with Crippen LogP contribution in [0.5, 0.6) is 0 Å². The smallest absolute Gasteiger partial charge is 0.246 e. The largest absolute Gasteiger partial charge is 0.388 e. The number of carbonyl (C=O) groups excluding carboxylic acids is 3. The Morgan fingerprint density at radius 1 is 1.03 bits per heavy atom. The van der Waals surface area contributed by atoms with Crippen LogP contribution in [0.25, 0.3) is 0 Å². The molecule has 4 N–H and O–H groups in total. The van der Waals surface area contributed by atoms with E-state index in [1.165, 1.54) is 12.0 Å². The Balaban J connectivity index is 2.37. The van der Waals surface area contributed by atoms with E-state index in [-0.39, 0.29) is 24.3 Å². The minimum Gasteiger partial charge on any atom is -0.388 e. The molecule has 0 saturated heterocycles. The second-order valence-electron chi connectivity index (χ2n) is 8.28. The van der Waals surface area contributed by atoms with Gasteiger partial charge in [-0.25, -0.2) is 0 Å². The highest BCUT2D eigenvalue weighted by atomic mass is 27.1. The van der Waals surface area contributed by atoms with Crippen LogP contribution in [0.15, 0.2) is 18.2 Å².